The quantitative estimate of drug-likeness (QED) is 0.181. The normalized spacial score (nSPS) is 11.4. The van der Waals surface area contributed by atoms with Crippen molar-refractivity contribution in [2.45, 2.75) is 33.2 Å². The van der Waals surface area contributed by atoms with Crippen molar-refractivity contribution in [2.75, 3.05) is 5.32 Å². The van der Waals surface area contributed by atoms with E-state index in [9.17, 15) is 10.2 Å². The minimum absolute atomic E-state index is 0.169. The highest BCUT2D eigenvalue weighted by Gasteiger charge is 2.18. The number of H-pyrrole nitrogens is 1. The molecule has 4 aromatic carbocycles. The Morgan fingerprint density at radius 1 is 1.00 bits per heavy atom. The van der Waals surface area contributed by atoms with Crippen LogP contribution in [0.2, 0.25) is 5.02 Å². The number of aromatic nitrogens is 3. The summed E-state index contributed by atoms with van der Waals surface area (Å²) in [6, 6.07) is 24.6. The molecule has 206 valence electrons. The van der Waals surface area contributed by atoms with Crippen molar-refractivity contribution in [2.24, 2.45) is 0 Å². The van der Waals surface area contributed by atoms with Crippen molar-refractivity contribution in [3.63, 3.8) is 0 Å². The van der Waals surface area contributed by atoms with Crippen LogP contribution in [-0.4, -0.2) is 20.0 Å². The molecule has 0 radical (unpaired) electrons. The van der Waals surface area contributed by atoms with E-state index in [1.165, 1.54) is 6.92 Å². The largest absolute Gasteiger partial charge is 0.361 e. The second kappa shape index (κ2) is 10.7. The molecule has 0 saturated carbocycles. The average molecular weight is 566 g/mol. The number of nitrogens with zero attached hydrogens (tertiary/aromatic N) is 2. The number of halogens is 2. The van der Waals surface area contributed by atoms with Crippen LogP contribution in [0.5, 0.6) is 0 Å². The molecule has 6 rings (SSSR count). The maximum Gasteiger partial charge on any atom is 0.221 e. The molecule has 41 heavy (non-hydrogen) atoms. The summed E-state index contributed by atoms with van der Waals surface area (Å²) in [6.07, 6.45) is 3.33. The van der Waals surface area contributed by atoms with Crippen LogP contribution in [0, 0.1) is 11.2 Å². The van der Waals surface area contributed by atoms with Gasteiger partial charge in [-0.25, -0.2) is 4.39 Å². The average Bonchev–Trinajstić information content (AvgIpc) is 3.53. The van der Waals surface area contributed by atoms with Gasteiger partial charge in [-0.15, -0.1) is 0 Å². The molecule has 2 heterocycles. The summed E-state index contributed by atoms with van der Waals surface area (Å²) in [5, 5.41) is 13.8. The first-order valence-corrected chi connectivity index (χ1v) is 13.9. The Bertz CT molecular complexity index is 1980. The van der Waals surface area contributed by atoms with E-state index in [1.54, 1.807) is 18.2 Å². The fraction of sp³-hybridized carbons (Fsp3) is 0.152. The van der Waals surface area contributed by atoms with Crippen molar-refractivity contribution < 1.29 is 9.18 Å². The van der Waals surface area contributed by atoms with Crippen molar-refractivity contribution in [1.82, 2.24) is 14.1 Å². The minimum atomic E-state index is -0.257. The van der Waals surface area contributed by atoms with E-state index in [0.717, 1.165) is 45.2 Å². The molecule has 3 N–H and O–H groups in total. The third-order valence-electron chi connectivity index (χ3n) is 7.40. The van der Waals surface area contributed by atoms with Gasteiger partial charge in [-0.1, -0.05) is 49.2 Å². The summed E-state index contributed by atoms with van der Waals surface area (Å²) in [6.45, 7) is 3.92. The Labute approximate surface area is 241 Å². The van der Waals surface area contributed by atoms with Crippen LogP contribution in [0.3, 0.4) is 0 Å². The topological polar surface area (TPSA) is 78.6 Å². The van der Waals surface area contributed by atoms with Gasteiger partial charge in [-0.3, -0.25) is 14.8 Å². The van der Waals surface area contributed by atoms with Crippen molar-refractivity contribution >= 4 is 45.1 Å². The van der Waals surface area contributed by atoms with Crippen molar-refractivity contribution in [3.05, 3.63) is 113 Å². The first kappa shape index (κ1) is 26.6. The van der Waals surface area contributed by atoms with Crippen LogP contribution in [-0.2, 0) is 17.8 Å². The van der Waals surface area contributed by atoms with E-state index in [2.05, 4.69) is 10.3 Å². The number of imidazole rings is 1. The lowest BCUT2D eigenvalue weighted by Gasteiger charge is -2.12. The first-order chi connectivity index (χ1) is 19.8. The Morgan fingerprint density at radius 3 is 2.56 bits per heavy atom. The summed E-state index contributed by atoms with van der Waals surface area (Å²) in [4.78, 5) is 15.0. The minimum Gasteiger partial charge on any atom is -0.361 e. The van der Waals surface area contributed by atoms with Crippen LogP contribution in [0.25, 0.3) is 38.8 Å². The van der Waals surface area contributed by atoms with Crippen LogP contribution in [0.15, 0.2) is 85.1 Å². The fourth-order valence-electron chi connectivity index (χ4n) is 5.52. The highest BCUT2D eigenvalue weighted by Crippen LogP contribution is 2.32. The summed E-state index contributed by atoms with van der Waals surface area (Å²) >= 11 is 6.29. The van der Waals surface area contributed by atoms with E-state index in [1.807, 2.05) is 82.9 Å². The van der Waals surface area contributed by atoms with Gasteiger partial charge in [0.25, 0.3) is 0 Å². The molecule has 0 spiro atoms. The molecule has 0 bridgehead atoms. The number of hydrogen-bond acceptors (Lipinski definition) is 2. The van der Waals surface area contributed by atoms with Gasteiger partial charge in [0, 0.05) is 52.1 Å². The number of hydrogen-bond donors (Lipinski definition) is 3. The SMILES string of the molecule is CCCc1cc2c(cc1F)n(Cc1cccc3[nH]ccc13)c(=N)n2-c1ccc(-c2cc(Cl)ccc2NC(C)=O)cc1. The molecule has 0 unspecified atom stereocenters. The second-order valence-electron chi connectivity index (χ2n) is 10.2. The molecule has 6 nitrogen and oxygen atoms in total. The van der Waals surface area contributed by atoms with Crippen LogP contribution >= 0.6 is 11.6 Å². The van der Waals surface area contributed by atoms with Gasteiger partial charge in [-0.2, -0.15) is 0 Å². The van der Waals surface area contributed by atoms with Gasteiger partial charge in [0.1, 0.15) is 5.82 Å². The fourth-order valence-corrected chi connectivity index (χ4v) is 5.70. The van der Waals surface area contributed by atoms with Crippen LogP contribution in [0.1, 0.15) is 31.4 Å². The molecule has 6 aromatic rings. The number of fused-ring (bicyclic) bond motifs is 2. The third-order valence-corrected chi connectivity index (χ3v) is 7.64. The highest BCUT2D eigenvalue weighted by atomic mass is 35.5. The van der Waals surface area contributed by atoms with Crippen molar-refractivity contribution in [1.29, 1.82) is 5.41 Å². The predicted molar refractivity (Wildman–Crippen MR) is 163 cm³/mol. The summed E-state index contributed by atoms with van der Waals surface area (Å²) in [7, 11) is 0. The molecule has 0 aliphatic rings. The number of aromatic amines is 1. The Kier molecular flexibility index (Phi) is 6.97. The van der Waals surface area contributed by atoms with E-state index < -0.39 is 0 Å². The third kappa shape index (κ3) is 4.93. The Morgan fingerprint density at radius 2 is 1.80 bits per heavy atom. The standard InChI is InChI=1S/C33H29ClFN5O/c1-3-5-22-16-32-31(18-28(22)35)39(19-23-6-4-7-29-26(23)14-15-37-29)33(36)40(32)25-11-8-21(9-12-25)27-17-24(34)10-13-30(27)38-20(2)41/h4,6-18,36-37H,3,5,19H2,1-2H3,(H,38,41). The summed E-state index contributed by atoms with van der Waals surface area (Å²) in [5.41, 5.74) is 7.48. The predicted octanol–water partition coefficient (Wildman–Crippen LogP) is 7.81. The van der Waals surface area contributed by atoms with E-state index in [-0.39, 0.29) is 17.3 Å². The van der Waals surface area contributed by atoms with Crippen LogP contribution in [0.4, 0.5) is 10.1 Å². The molecule has 8 heteroatoms. The zero-order valence-corrected chi connectivity index (χ0v) is 23.5. The van der Waals surface area contributed by atoms with Gasteiger partial charge in [0.15, 0.2) is 0 Å². The van der Waals surface area contributed by atoms with Crippen molar-refractivity contribution in [3.8, 4) is 16.8 Å². The lowest BCUT2D eigenvalue weighted by atomic mass is 10.0. The summed E-state index contributed by atoms with van der Waals surface area (Å²) in [5.74, 6) is -0.426. The molecule has 0 saturated heterocycles. The highest BCUT2D eigenvalue weighted by molar-refractivity contribution is 6.31. The Balaban J connectivity index is 1.50. The molecular formula is C33H29ClFN5O. The summed E-state index contributed by atoms with van der Waals surface area (Å²) < 4.78 is 19.0. The monoisotopic (exact) mass is 565 g/mol. The number of rotatable bonds is 7. The second-order valence-corrected chi connectivity index (χ2v) is 10.6. The molecular weight excluding hydrogens is 537 g/mol. The lowest BCUT2D eigenvalue weighted by molar-refractivity contribution is -0.114. The molecule has 0 fully saturated rings. The van der Waals surface area contributed by atoms with Gasteiger partial charge in [0.2, 0.25) is 11.5 Å². The number of anilines is 1. The lowest BCUT2D eigenvalue weighted by Crippen LogP contribution is -2.24. The van der Waals surface area contributed by atoms with Crippen LogP contribution < -0.4 is 10.9 Å². The molecule has 2 aromatic heterocycles. The molecule has 1 amide bonds. The maximum absolute atomic E-state index is 15.2. The molecule has 0 aliphatic heterocycles. The molecule has 0 atom stereocenters. The zero-order chi connectivity index (χ0) is 28.7. The number of nitrogens with one attached hydrogen (secondary N) is 3. The van der Waals surface area contributed by atoms with Gasteiger partial charge < -0.3 is 14.9 Å². The first-order valence-electron chi connectivity index (χ1n) is 13.5. The van der Waals surface area contributed by atoms with E-state index >= 15 is 4.39 Å². The number of amides is 1. The number of aryl methyl sites for hydroxylation is 1. The van der Waals surface area contributed by atoms with Gasteiger partial charge in [-0.05, 0) is 71.6 Å². The number of benzene rings is 4. The Hall–Kier alpha value is -4.62. The number of carbonyl (C=O) groups is 1. The number of carbonyl (C=O) groups excluding carboxylic acids is 1. The van der Waals surface area contributed by atoms with E-state index in [4.69, 9.17) is 11.6 Å². The zero-order valence-electron chi connectivity index (χ0n) is 22.8. The van der Waals surface area contributed by atoms with Gasteiger partial charge >= 0.3 is 0 Å². The van der Waals surface area contributed by atoms with E-state index in [0.29, 0.717) is 34.8 Å². The smallest absolute Gasteiger partial charge is 0.221 e. The maximum atomic E-state index is 15.2. The van der Waals surface area contributed by atoms with Gasteiger partial charge in [0.05, 0.1) is 17.6 Å². The molecule has 0 aliphatic carbocycles.